The number of benzene rings is 1. The van der Waals surface area contributed by atoms with Crippen LogP contribution in [-0.2, 0) is 0 Å². The Labute approximate surface area is 126 Å². The van der Waals surface area contributed by atoms with E-state index in [1.165, 1.54) is 6.07 Å². The zero-order valence-corrected chi connectivity index (χ0v) is 12.5. The first kappa shape index (κ1) is 12.6. The number of hydrogen-bond donors (Lipinski definition) is 1. The van der Waals surface area contributed by atoms with Gasteiger partial charge in [0, 0.05) is 16.5 Å². The summed E-state index contributed by atoms with van der Waals surface area (Å²) in [6.45, 7) is 0. The topological polar surface area (TPSA) is 52.0 Å². The van der Waals surface area contributed by atoms with Crippen LogP contribution in [0.3, 0.4) is 0 Å². The molecule has 0 unspecified atom stereocenters. The minimum absolute atomic E-state index is 0.126. The minimum Gasteiger partial charge on any atom is -0.367 e. The Balaban J connectivity index is 2.22. The number of anilines is 1. The highest BCUT2D eigenvalue weighted by atomic mass is 127. The Morgan fingerprint density at radius 3 is 2.79 bits per heavy atom. The van der Waals surface area contributed by atoms with Gasteiger partial charge in [-0.2, -0.15) is 0 Å². The molecule has 0 saturated carbocycles. The standard InChI is InChI=1S/C13H8FIN2OS/c14-9-4-2-1-3-8(9)11-12(17-18-13(11)16)7-5-10(15)19-6-7/h1-6H,16H2. The fourth-order valence-electron chi connectivity index (χ4n) is 1.86. The van der Waals surface area contributed by atoms with Gasteiger partial charge in [0.1, 0.15) is 11.5 Å². The summed E-state index contributed by atoms with van der Waals surface area (Å²) < 4.78 is 20.1. The lowest BCUT2D eigenvalue weighted by atomic mass is 10.0. The molecule has 0 aliphatic rings. The molecule has 0 bridgehead atoms. The van der Waals surface area contributed by atoms with E-state index < -0.39 is 0 Å². The quantitative estimate of drug-likeness (QED) is 0.665. The van der Waals surface area contributed by atoms with E-state index in [0.717, 1.165) is 8.45 Å². The van der Waals surface area contributed by atoms with Crippen molar-refractivity contribution in [1.82, 2.24) is 5.16 Å². The molecule has 0 amide bonds. The van der Waals surface area contributed by atoms with Gasteiger partial charge in [-0.3, -0.25) is 0 Å². The average Bonchev–Trinajstić information content (AvgIpc) is 2.96. The number of thiophene rings is 1. The lowest BCUT2D eigenvalue weighted by molar-refractivity contribution is 0.439. The molecule has 3 rings (SSSR count). The Bertz CT molecular complexity index is 738. The monoisotopic (exact) mass is 386 g/mol. The molecule has 0 aliphatic heterocycles. The Kier molecular flexibility index (Phi) is 3.28. The summed E-state index contributed by atoms with van der Waals surface area (Å²) in [6.07, 6.45) is 0. The van der Waals surface area contributed by atoms with Crippen LogP contribution in [0.25, 0.3) is 22.4 Å². The van der Waals surface area contributed by atoms with Crippen LogP contribution in [-0.4, -0.2) is 5.16 Å². The van der Waals surface area contributed by atoms with Gasteiger partial charge >= 0.3 is 0 Å². The molecule has 2 heterocycles. The normalized spacial score (nSPS) is 10.8. The summed E-state index contributed by atoms with van der Waals surface area (Å²) in [6, 6.07) is 8.41. The molecule has 6 heteroatoms. The van der Waals surface area contributed by atoms with Gasteiger partial charge in [0.2, 0.25) is 5.88 Å². The zero-order valence-electron chi connectivity index (χ0n) is 9.56. The zero-order chi connectivity index (χ0) is 13.4. The van der Waals surface area contributed by atoms with E-state index in [4.69, 9.17) is 10.3 Å². The Hall–Kier alpha value is -1.41. The van der Waals surface area contributed by atoms with E-state index in [-0.39, 0.29) is 11.7 Å². The fraction of sp³-hybridized carbons (Fsp3) is 0. The molecule has 0 fully saturated rings. The van der Waals surface area contributed by atoms with E-state index in [1.807, 2.05) is 11.4 Å². The molecule has 2 N–H and O–H groups in total. The number of rotatable bonds is 2. The Morgan fingerprint density at radius 2 is 2.11 bits per heavy atom. The lowest BCUT2D eigenvalue weighted by Gasteiger charge is -2.02. The largest absolute Gasteiger partial charge is 0.367 e. The first-order valence-electron chi connectivity index (χ1n) is 5.41. The third kappa shape index (κ3) is 2.25. The van der Waals surface area contributed by atoms with Crippen LogP contribution in [0, 0.1) is 8.70 Å². The molecule has 19 heavy (non-hydrogen) atoms. The van der Waals surface area contributed by atoms with Crippen LogP contribution in [0.1, 0.15) is 0 Å². The van der Waals surface area contributed by atoms with Gasteiger partial charge in [0.15, 0.2) is 0 Å². The minimum atomic E-state index is -0.344. The predicted molar refractivity (Wildman–Crippen MR) is 82.3 cm³/mol. The summed E-state index contributed by atoms with van der Waals surface area (Å²) >= 11 is 3.81. The van der Waals surface area contributed by atoms with Gasteiger partial charge in [0.05, 0.1) is 8.45 Å². The van der Waals surface area contributed by atoms with E-state index in [2.05, 4.69) is 27.7 Å². The second-order valence-electron chi connectivity index (χ2n) is 3.89. The van der Waals surface area contributed by atoms with Crippen molar-refractivity contribution in [1.29, 1.82) is 0 Å². The van der Waals surface area contributed by atoms with E-state index in [1.54, 1.807) is 29.5 Å². The number of hydrogen-bond acceptors (Lipinski definition) is 4. The molecule has 0 spiro atoms. The van der Waals surface area contributed by atoms with E-state index in [9.17, 15) is 4.39 Å². The maximum absolute atomic E-state index is 13.9. The number of nitrogens with zero attached hydrogens (tertiary/aromatic N) is 1. The van der Waals surface area contributed by atoms with E-state index >= 15 is 0 Å². The highest BCUT2D eigenvalue weighted by Crippen LogP contribution is 2.38. The molecule has 2 aromatic heterocycles. The van der Waals surface area contributed by atoms with Crippen molar-refractivity contribution < 1.29 is 8.91 Å². The fourth-order valence-corrected chi connectivity index (χ4v) is 3.19. The van der Waals surface area contributed by atoms with Crippen molar-refractivity contribution in [2.45, 2.75) is 0 Å². The highest BCUT2D eigenvalue weighted by molar-refractivity contribution is 14.1. The summed E-state index contributed by atoms with van der Waals surface area (Å²) in [5.41, 5.74) is 8.15. The molecule has 3 aromatic rings. The molecule has 0 radical (unpaired) electrons. The summed E-state index contributed by atoms with van der Waals surface area (Å²) in [7, 11) is 0. The van der Waals surface area contributed by atoms with Crippen molar-refractivity contribution in [3.8, 4) is 22.4 Å². The molecular weight excluding hydrogens is 378 g/mol. The van der Waals surface area contributed by atoms with Gasteiger partial charge in [0.25, 0.3) is 0 Å². The number of halogens is 2. The summed E-state index contributed by atoms with van der Waals surface area (Å²) in [5, 5.41) is 5.90. The van der Waals surface area contributed by atoms with Gasteiger partial charge in [-0.05, 0) is 34.7 Å². The van der Waals surface area contributed by atoms with Gasteiger partial charge in [-0.25, -0.2) is 4.39 Å². The van der Waals surface area contributed by atoms with Crippen LogP contribution < -0.4 is 5.73 Å². The molecular formula is C13H8FIN2OS. The maximum atomic E-state index is 13.9. The average molecular weight is 386 g/mol. The van der Waals surface area contributed by atoms with Crippen molar-refractivity contribution in [3.05, 3.63) is 44.4 Å². The smallest absolute Gasteiger partial charge is 0.230 e. The van der Waals surface area contributed by atoms with Gasteiger partial charge in [-0.15, -0.1) is 11.3 Å². The molecule has 96 valence electrons. The SMILES string of the molecule is Nc1onc(-c2csc(I)c2)c1-c1ccccc1F. The third-order valence-electron chi connectivity index (χ3n) is 2.70. The lowest BCUT2D eigenvalue weighted by Crippen LogP contribution is -1.90. The van der Waals surface area contributed by atoms with Crippen LogP contribution in [0.5, 0.6) is 0 Å². The van der Waals surface area contributed by atoms with E-state index in [0.29, 0.717) is 16.8 Å². The molecule has 0 atom stereocenters. The van der Waals surface area contributed by atoms with Crippen molar-refractivity contribution >= 4 is 39.8 Å². The Morgan fingerprint density at radius 1 is 1.32 bits per heavy atom. The molecule has 1 aromatic carbocycles. The molecule has 0 aliphatic carbocycles. The first-order valence-corrected chi connectivity index (χ1v) is 7.37. The second kappa shape index (κ2) is 4.93. The van der Waals surface area contributed by atoms with Crippen molar-refractivity contribution in [3.63, 3.8) is 0 Å². The van der Waals surface area contributed by atoms with Crippen LogP contribution >= 0.6 is 33.9 Å². The van der Waals surface area contributed by atoms with Gasteiger partial charge in [-0.1, -0.05) is 23.4 Å². The van der Waals surface area contributed by atoms with Crippen LogP contribution in [0.4, 0.5) is 10.3 Å². The van der Waals surface area contributed by atoms with Crippen molar-refractivity contribution in [2.24, 2.45) is 0 Å². The number of nitrogens with two attached hydrogens (primary N) is 1. The number of aromatic nitrogens is 1. The third-order valence-corrected chi connectivity index (χ3v) is 4.49. The van der Waals surface area contributed by atoms with Crippen LogP contribution in [0.15, 0.2) is 40.2 Å². The second-order valence-corrected chi connectivity index (χ2v) is 6.70. The number of nitrogen functional groups attached to an aromatic ring is 1. The highest BCUT2D eigenvalue weighted by Gasteiger charge is 2.20. The maximum Gasteiger partial charge on any atom is 0.230 e. The predicted octanol–water partition coefficient (Wildman–Crippen LogP) is 4.40. The van der Waals surface area contributed by atoms with Crippen LogP contribution in [0.2, 0.25) is 0 Å². The van der Waals surface area contributed by atoms with Crippen molar-refractivity contribution in [2.75, 3.05) is 5.73 Å². The summed E-state index contributed by atoms with van der Waals surface area (Å²) in [5.74, 6) is -0.218. The van der Waals surface area contributed by atoms with Gasteiger partial charge < -0.3 is 10.3 Å². The molecule has 0 saturated heterocycles. The first-order chi connectivity index (χ1) is 9.16. The molecule has 3 nitrogen and oxygen atoms in total. The summed E-state index contributed by atoms with van der Waals surface area (Å²) in [4.78, 5) is 0.